The molecule has 1 aromatic carbocycles. The van der Waals surface area contributed by atoms with E-state index in [4.69, 9.17) is 10.8 Å². The summed E-state index contributed by atoms with van der Waals surface area (Å²) >= 11 is 0. The highest BCUT2D eigenvalue weighted by Gasteiger charge is 2.07. The lowest BCUT2D eigenvalue weighted by molar-refractivity contribution is 0.286. The van der Waals surface area contributed by atoms with E-state index in [1.54, 1.807) is 6.20 Å². The van der Waals surface area contributed by atoms with Crippen LogP contribution in [0.3, 0.4) is 0 Å². The molecule has 0 radical (unpaired) electrons. The lowest BCUT2D eigenvalue weighted by Crippen LogP contribution is -2.04. The minimum atomic E-state index is 0.217. The Morgan fingerprint density at radius 3 is 2.86 bits per heavy atom. The summed E-state index contributed by atoms with van der Waals surface area (Å²) in [5, 5.41) is 20.1. The Morgan fingerprint density at radius 1 is 1.18 bits per heavy atom. The first-order chi connectivity index (χ1) is 10.8. The van der Waals surface area contributed by atoms with Crippen molar-refractivity contribution in [2.45, 2.75) is 12.8 Å². The van der Waals surface area contributed by atoms with Gasteiger partial charge in [0.25, 0.3) is 0 Å². The summed E-state index contributed by atoms with van der Waals surface area (Å²) in [5.74, 6) is 0.485. The van der Waals surface area contributed by atoms with Crippen molar-refractivity contribution in [2.75, 3.05) is 24.2 Å². The molecule has 0 aliphatic heterocycles. The third-order valence-corrected chi connectivity index (χ3v) is 3.54. The Kier molecular flexibility index (Phi) is 4.20. The Bertz CT molecular complexity index is 755. The highest BCUT2D eigenvalue weighted by molar-refractivity contribution is 5.95. The van der Waals surface area contributed by atoms with Crippen LogP contribution in [0.5, 0.6) is 0 Å². The summed E-state index contributed by atoms with van der Waals surface area (Å²) in [7, 11) is 0. The highest BCUT2D eigenvalue weighted by atomic mass is 16.2. The SMILES string of the molecule is Nc1cc(NCCCCO)c2ccc(-c3ccn[nH]3)cc2n1. The number of rotatable bonds is 6. The van der Waals surface area contributed by atoms with Crippen molar-refractivity contribution in [1.29, 1.82) is 0 Å². The summed E-state index contributed by atoms with van der Waals surface area (Å²) in [6, 6.07) is 9.83. The van der Waals surface area contributed by atoms with Gasteiger partial charge < -0.3 is 16.2 Å². The van der Waals surface area contributed by atoms with Crippen LogP contribution < -0.4 is 11.1 Å². The van der Waals surface area contributed by atoms with E-state index in [0.29, 0.717) is 5.82 Å². The molecular weight excluding hydrogens is 278 g/mol. The molecule has 0 saturated heterocycles. The summed E-state index contributed by atoms with van der Waals surface area (Å²) in [6.07, 6.45) is 3.42. The fraction of sp³-hybridized carbons (Fsp3) is 0.250. The van der Waals surface area contributed by atoms with E-state index in [9.17, 15) is 0 Å². The normalized spacial score (nSPS) is 11.0. The van der Waals surface area contributed by atoms with Crippen molar-refractivity contribution in [3.8, 4) is 11.3 Å². The van der Waals surface area contributed by atoms with Crippen LogP contribution in [-0.2, 0) is 0 Å². The molecule has 0 amide bonds. The minimum absolute atomic E-state index is 0.217. The summed E-state index contributed by atoms with van der Waals surface area (Å²) in [5.41, 5.74) is 9.70. The number of aromatic nitrogens is 3. The molecule has 0 bridgehead atoms. The fourth-order valence-corrected chi connectivity index (χ4v) is 2.44. The van der Waals surface area contributed by atoms with Crippen LogP contribution in [-0.4, -0.2) is 33.4 Å². The summed E-state index contributed by atoms with van der Waals surface area (Å²) < 4.78 is 0. The molecule has 3 rings (SSSR count). The molecule has 0 aliphatic rings. The highest BCUT2D eigenvalue weighted by Crippen LogP contribution is 2.28. The molecule has 2 heterocycles. The van der Waals surface area contributed by atoms with Gasteiger partial charge >= 0.3 is 0 Å². The maximum atomic E-state index is 8.83. The predicted molar refractivity (Wildman–Crippen MR) is 88.5 cm³/mol. The number of benzene rings is 1. The summed E-state index contributed by atoms with van der Waals surface area (Å²) in [6.45, 7) is 1.01. The molecule has 0 saturated carbocycles. The number of nitrogens with zero attached hydrogens (tertiary/aromatic N) is 2. The van der Waals surface area contributed by atoms with E-state index in [1.165, 1.54) is 0 Å². The molecular formula is C16H19N5O. The number of hydrogen-bond acceptors (Lipinski definition) is 5. The van der Waals surface area contributed by atoms with Gasteiger partial charge in [0.05, 0.1) is 11.2 Å². The van der Waals surface area contributed by atoms with Crippen LogP contribution in [0.1, 0.15) is 12.8 Å². The average Bonchev–Trinajstić information content (AvgIpc) is 3.05. The number of anilines is 2. The van der Waals surface area contributed by atoms with Gasteiger partial charge in [-0.05, 0) is 25.0 Å². The molecule has 0 fully saturated rings. The first kappa shape index (κ1) is 14.3. The van der Waals surface area contributed by atoms with Crippen molar-refractivity contribution in [3.05, 3.63) is 36.5 Å². The Balaban J connectivity index is 1.92. The molecule has 6 heteroatoms. The van der Waals surface area contributed by atoms with Gasteiger partial charge in [-0.15, -0.1) is 0 Å². The second-order valence-electron chi connectivity index (χ2n) is 5.15. The van der Waals surface area contributed by atoms with Gasteiger partial charge in [-0.3, -0.25) is 5.10 Å². The van der Waals surface area contributed by atoms with Crippen LogP contribution in [0, 0.1) is 0 Å². The van der Waals surface area contributed by atoms with Crippen LogP contribution in [0.25, 0.3) is 22.2 Å². The maximum absolute atomic E-state index is 8.83. The zero-order chi connectivity index (χ0) is 15.4. The van der Waals surface area contributed by atoms with E-state index in [-0.39, 0.29) is 6.61 Å². The van der Waals surface area contributed by atoms with Crippen molar-refractivity contribution < 1.29 is 5.11 Å². The van der Waals surface area contributed by atoms with Crippen molar-refractivity contribution >= 4 is 22.4 Å². The number of nitrogens with two attached hydrogens (primary N) is 1. The fourth-order valence-electron chi connectivity index (χ4n) is 2.44. The third kappa shape index (κ3) is 3.01. The molecule has 0 unspecified atom stereocenters. The lowest BCUT2D eigenvalue weighted by Gasteiger charge is -2.11. The van der Waals surface area contributed by atoms with E-state index in [1.807, 2.05) is 30.3 Å². The van der Waals surface area contributed by atoms with E-state index in [2.05, 4.69) is 20.5 Å². The number of aromatic amines is 1. The Hall–Kier alpha value is -2.60. The zero-order valence-electron chi connectivity index (χ0n) is 12.2. The first-order valence-corrected chi connectivity index (χ1v) is 7.32. The molecule has 0 atom stereocenters. The average molecular weight is 297 g/mol. The van der Waals surface area contributed by atoms with Crippen LogP contribution >= 0.6 is 0 Å². The molecule has 114 valence electrons. The van der Waals surface area contributed by atoms with Gasteiger partial charge in [0, 0.05) is 42.1 Å². The summed E-state index contributed by atoms with van der Waals surface area (Å²) in [4.78, 5) is 4.41. The number of pyridine rings is 1. The molecule has 2 aromatic heterocycles. The molecule has 22 heavy (non-hydrogen) atoms. The number of fused-ring (bicyclic) bond motifs is 1. The second-order valence-corrected chi connectivity index (χ2v) is 5.15. The van der Waals surface area contributed by atoms with E-state index in [0.717, 1.165) is 47.2 Å². The van der Waals surface area contributed by atoms with Gasteiger partial charge in [-0.2, -0.15) is 5.10 Å². The number of unbranched alkanes of at least 4 members (excludes halogenated alkanes) is 1. The van der Waals surface area contributed by atoms with E-state index >= 15 is 0 Å². The topological polar surface area (TPSA) is 99.9 Å². The molecule has 6 nitrogen and oxygen atoms in total. The zero-order valence-corrected chi connectivity index (χ0v) is 12.2. The predicted octanol–water partition coefficient (Wildman–Crippen LogP) is 2.39. The Labute approximate surface area is 128 Å². The number of hydrogen-bond donors (Lipinski definition) is 4. The standard InChI is InChI=1S/C16H19N5O/c17-16-10-14(18-6-1-2-8-22)12-4-3-11(9-15(12)20-16)13-5-7-19-21-13/h3-5,7,9-10,22H,1-2,6,8H2,(H,19,21)(H3,17,18,20). The van der Waals surface area contributed by atoms with Crippen molar-refractivity contribution in [1.82, 2.24) is 15.2 Å². The van der Waals surface area contributed by atoms with Crippen LogP contribution in [0.4, 0.5) is 11.5 Å². The maximum Gasteiger partial charge on any atom is 0.126 e. The minimum Gasteiger partial charge on any atom is -0.396 e. The Morgan fingerprint density at radius 2 is 2.09 bits per heavy atom. The van der Waals surface area contributed by atoms with Crippen LogP contribution in [0.2, 0.25) is 0 Å². The number of nitrogens with one attached hydrogen (secondary N) is 2. The van der Waals surface area contributed by atoms with E-state index < -0.39 is 0 Å². The van der Waals surface area contributed by atoms with Gasteiger partial charge in [-0.1, -0.05) is 12.1 Å². The lowest BCUT2D eigenvalue weighted by atomic mass is 10.1. The van der Waals surface area contributed by atoms with Gasteiger partial charge in [-0.25, -0.2) is 4.98 Å². The number of H-pyrrole nitrogens is 1. The van der Waals surface area contributed by atoms with Crippen LogP contribution in [0.15, 0.2) is 36.5 Å². The molecule has 0 spiro atoms. The quantitative estimate of drug-likeness (QED) is 0.523. The second kappa shape index (κ2) is 6.44. The number of nitrogen functional groups attached to an aromatic ring is 1. The monoisotopic (exact) mass is 297 g/mol. The van der Waals surface area contributed by atoms with Gasteiger partial charge in [0.2, 0.25) is 0 Å². The smallest absolute Gasteiger partial charge is 0.126 e. The van der Waals surface area contributed by atoms with Crippen molar-refractivity contribution in [2.24, 2.45) is 0 Å². The molecule has 3 aromatic rings. The largest absolute Gasteiger partial charge is 0.396 e. The number of aliphatic hydroxyl groups is 1. The first-order valence-electron chi connectivity index (χ1n) is 7.32. The number of aliphatic hydroxyl groups excluding tert-OH is 1. The van der Waals surface area contributed by atoms with Gasteiger partial charge in [0.15, 0.2) is 0 Å². The third-order valence-electron chi connectivity index (χ3n) is 3.54. The van der Waals surface area contributed by atoms with Crippen molar-refractivity contribution in [3.63, 3.8) is 0 Å². The van der Waals surface area contributed by atoms with Gasteiger partial charge in [0.1, 0.15) is 5.82 Å². The molecule has 5 N–H and O–H groups in total. The molecule has 0 aliphatic carbocycles.